The summed E-state index contributed by atoms with van der Waals surface area (Å²) in [5.41, 5.74) is 0. The highest BCUT2D eigenvalue weighted by Crippen LogP contribution is 2.49. The molecule has 0 aliphatic heterocycles. The second-order valence-corrected chi connectivity index (χ2v) is 6.75. The Morgan fingerprint density at radius 1 is 1.24 bits per heavy atom. The molecule has 92 valence electrons. The van der Waals surface area contributed by atoms with E-state index in [2.05, 4.69) is 9.25 Å². The van der Waals surface area contributed by atoms with Crippen molar-refractivity contribution in [2.45, 2.75) is 0 Å². The van der Waals surface area contributed by atoms with Crippen molar-refractivity contribution in [3.05, 3.63) is 23.6 Å². The number of benzene rings is 1. The first-order chi connectivity index (χ1) is 8.09. The minimum atomic E-state index is -3.19. The molecule has 9 heteroatoms. The minimum absolute atomic E-state index is 0.165. The van der Waals surface area contributed by atoms with Crippen LogP contribution in [0.15, 0.2) is 23.6 Å². The zero-order chi connectivity index (χ0) is 12.5. The molecule has 5 N–H and O–H groups in total. The number of hydrogen-bond donors (Lipinski definition) is 3. The number of rotatable bonds is 4. The van der Waals surface area contributed by atoms with Gasteiger partial charge in [0.1, 0.15) is 11.5 Å². The van der Waals surface area contributed by atoms with Crippen molar-refractivity contribution in [3.8, 4) is 11.5 Å². The van der Waals surface area contributed by atoms with Gasteiger partial charge in [-0.15, -0.1) is 11.3 Å². The molecular weight excluding hydrogens is 283 g/mol. The predicted molar refractivity (Wildman–Crippen MR) is 68.9 cm³/mol. The van der Waals surface area contributed by atoms with Crippen molar-refractivity contribution in [2.24, 2.45) is 11.8 Å². The molecule has 0 aliphatic rings. The quantitative estimate of drug-likeness (QED) is 0.585. The molecular formula is C8H9N2O4PS2. The van der Waals surface area contributed by atoms with Gasteiger partial charge in [-0.2, -0.15) is 0 Å². The van der Waals surface area contributed by atoms with Gasteiger partial charge in [-0.25, -0.2) is 21.0 Å². The summed E-state index contributed by atoms with van der Waals surface area (Å²) in [5.74, 6) is 10.5. The van der Waals surface area contributed by atoms with Gasteiger partial charge in [0, 0.05) is 17.2 Å². The molecule has 1 heterocycles. The van der Waals surface area contributed by atoms with Gasteiger partial charge < -0.3 is 9.63 Å². The van der Waals surface area contributed by atoms with E-state index in [1.165, 1.54) is 17.4 Å². The van der Waals surface area contributed by atoms with Crippen LogP contribution in [0.4, 0.5) is 0 Å². The number of nitrogens with two attached hydrogens (primary N) is 2. The third kappa shape index (κ3) is 2.43. The Morgan fingerprint density at radius 3 is 2.59 bits per heavy atom. The van der Waals surface area contributed by atoms with E-state index >= 15 is 0 Å². The second-order valence-electron chi connectivity index (χ2n) is 3.00. The zero-order valence-corrected chi connectivity index (χ0v) is 10.9. The van der Waals surface area contributed by atoms with Crippen LogP contribution in [0.25, 0.3) is 10.1 Å². The standard InChI is InChI=1S/C8H9N2O4PS2/c9-13-15(16,14-10)12-7-2-1-6(11)8-5(7)3-4-17-8/h1-4,11H,9-10H2. The Kier molecular flexibility index (Phi) is 3.64. The Bertz CT molecular complexity index is 580. The third-order valence-electron chi connectivity index (χ3n) is 2.02. The van der Waals surface area contributed by atoms with E-state index in [1.54, 1.807) is 12.1 Å². The van der Waals surface area contributed by atoms with Gasteiger partial charge in [0.2, 0.25) is 0 Å². The van der Waals surface area contributed by atoms with Crippen molar-refractivity contribution in [2.75, 3.05) is 0 Å². The van der Waals surface area contributed by atoms with Crippen LogP contribution in [0.5, 0.6) is 11.5 Å². The lowest BCUT2D eigenvalue weighted by Gasteiger charge is -2.17. The van der Waals surface area contributed by atoms with E-state index in [0.29, 0.717) is 15.8 Å². The summed E-state index contributed by atoms with van der Waals surface area (Å²) in [6.45, 7) is -3.19. The third-order valence-corrected chi connectivity index (χ3v) is 4.64. The average molecular weight is 292 g/mol. The Hall–Kier alpha value is -0.730. The molecule has 1 aromatic heterocycles. The lowest BCUT2D eigenvalue weighted by Crippen LogP contribution is -2.09. The number of thiophene rings is 1. The number of aromatic hydroxyl groups is 1. The molecule has 2 rings (SSSR count). The molecule has 0 bridgehead atoms. The van der Waals surface area contributed by atoms with Crippen molar-refractivity contribution in [1.82, 2.24) is 0 Å². The van der Waals surface area contributed by atoms with Gasteiger partial charge in [0.05, 0.1) is 4.70 Å². The first-order valence-electron chi connectivity index (χ1n) is 4.35. The van der Waals surface area contributed by atoms with Gasteiger partial charge in [-0.3, -0.25) is 0 Å². The molecule has 1 aromatic carbocycles. The molecule has 0 amide bonds. The summed E-state index contributed by atoms with van der Waals surface area (Å²) < 4.78 is 14.9. The van der Waals surface area contributed by atoms with E-state index in [4.69, 9.17) is 28.1 Å². The van der Waals surface area contributed by atoms with E-state index in [-0.39, 0.29) is 5.75 Å². The predicted octanol–water partition coefficient (Wildman–Crippen LogP) is 1.99. The lowest BCUT2D eigenvalue weighted by molar-refractivity contribution is 0.209. The van der Waals surface area contributed by atoms with Gasteiger partial charge >= 0.3 is 6.72 Å². The molecule has 0 spiro atoms. The van der Waals surface area contributed by atoms with Gasteiger partial charge in [0.25, 0.3) is 0 Å². The van der Waals surface area contributed by atoms with Crippen molar-refractivity contribution < 1.29 is 18.9 Å². The number of hydrogen-bond acceptors (Lipinski definition) is 8. The molecule has 2 aromatic rings. The van der Waals surface area contributed by atoms with Crippen molar-refractivity contribution in [3.63, 3.8) is 0 Å². The number of phenols is 1. The molecule has 0 unspecified atom stereocenters. The van der Waals surface area contributed by atoms with E-state index < -0.39 is 6.72 Å². The van der Waals surface area contributed by atoms with Crippen LogP contribution in [0.1, 0.15) is 0 Å². The van der Waals surface area contributed by atoms with Crippen LogP contribution in [0, 0.1) is 0 Å². The largest absolute Gasteiger partial charge is 0.506 e. The first-order valence-corrected chi connectivity index (χ1v) is 7.79. The van der Waals surface area contributed by atoms with Crippen LogP contribution in [-0.2, 0) is 21.1 Å². The SMILES string of the molecule is NOP(=S)(ON)Oc1ccc(O)c2sccc12. The lowest BCUT2D eigenvalue weighted by atomic mass is 10.2. The van der Waals surface area contributed by atoms with Crippen molar-refractivity contribution in [1.29, 1.82) is 0 Å². The van der Waals surface area contributed by atoms with E-state index in [0.717, 1.165) is 0 Å². The highest BCUT2D eigenvalue weighted by atomic mass is 32.5. The summed E-state index contributed by atoms with van der Waals surface area (Å²) in [6, 6.07) is 4.81. The summed E-state index contributed by atoms with van der Waals surface area (Å²) >= 11 is 6.26. The Balaban J connectivity index is 2.47. The molecule has 17 heavy (non-hydrogen) atoms. The van der Waals surface area contributed by atoms with Crippen LogP contribution < -0.4 is 16.3 Å². The summed E-state index contributed by atoms with van der Waals surface area (Å²) in [7, 11) is 0. The molecule has 0 saturated heterocycles. The van der Waals surface area contributed by atoms with Gasteiger partial charge in [-0.1, -0.05) is 0 Å². The fourth-order valence-electron chi connectivity index (χ4n) is 1.29. The first kappa shape index (κ1) is 12.7. The van der Waals surface area contributed by atoms with Crippen LogP contribution in [0.2, 0.25) is 0 Å². The second kappa shape index (κ2) is 4.87. The highest BCUT2D eigenvalue weighted by molar-refractivity contribution is 8.07. The van der Waals surface area contributed by atoms with Crippen molar-refractivity contribution >= 4 is 39.9 Å². The molecule has 0 radical (unpaired) electrons. The maximum Gasteiger partial charge on any atom is 0.414 e. The average Bonchev–Trinajstić information content (AvgIpc) is 2.83. The maximum absolute atomic E-state index is 9.62. The van der Waals surface area contributed by atoms with Crippen LogP contribution >= 0.6 is 18.1 Å². The fraction of sp³-hybridized carbons (Fsp3) is 0. The number of fused-ring (bicyclic) bond motifs is 1. The van der Waals surface area contributed by atoms with E-state index in [9.17, 15) is 5.11 Å². The monoisotopic (exact) mass is 292 g/mol. The molecule has 0 atom stereocenters. The summed E-state index contributed by atoms with van der Waals surface area (Å²) in [6.07, 6.45) is 0. The topological polar surface area (TPSA) is 100.0 Å². The zero-order valence-electron chi connectivity index (χ0n) is 8.40. The fourth-order valence-corrected chi connectivity index (χ4v) is 2.89. The minimum Gasteiger partial charge on any atom is -0.506 e. The van der Waals surface area contributed by atoms with Gasteiger partial charge in [-0.05, 0) is 23.6 Å². The molecule has 0 aliphatic carbocycles. The van der Waals surface area contributed by atoms with Crippen LogP contribution in [-0.4, -0.2) is 5.11 Å². The Labute approximate surface area is 106 Å². The Morgan fingerprint density at radius 2 is 1.94 bits per heavy atom. The van der Waals surface area contributed by atoms with E-state index in [1.807, 2.05) is 5.38 Å². The summed E-state index contributed by atoms with van der Waals surface area (Å²) in [4.78, 5) is 0. The molecule has 0 saturated carbocycles. The molecule has 0 fully saturated rings. The normalized spacial score (nSPS) is 11.9. The smallest absolute Gasteiger partial charge is 0.414 e. The maximum atomic E-state index is 9.62. The molecule has 6 nitrogen and oxygen atoms in total. The number of phenolic OH excluding ortho intramolecular Hbond substituents is 1. The summed E-state index contributed by atoms with van der Waals surface area (Å²) in [5, 5.41) is 12.1. The highest BCUT2D eigenvalue weighted by Gasteiger charge is 2.22. The van der Waals surface area contributed by atoms with Crippen LogP contribution in [0.3, 0.4) is 0 Å². The van der Waals surface area contributed by atoms with Gasteiger partial charge in [0.15, 0.2) is 0 Å².